The molecule has 8 heteroatoms. The molecule has 0 saturated heterocycles. The van der Waals surface area contributed by atoms with Crippen LogP contribution in [0.15, 0.2) is 18.5 Å². The summed E-state index contributed by atoms with van der Waals surface area (Å²) in [5.41, 5.74) is -0.0276. The number of hydrogen-bond donors (Lipinski definition) is 2. The van der Waals surface area contributed by atoms with Crippen molar-refractivity contribution in [1.29, 1.82) is 0 Å². The summed E-state index contributed by atoms with van der Waals surface area (Å²) in [6.45, 7) is 0. The molecule has 0 unspecified atom stereocenters. The van der Waals surface area contributed by atoms with Crippen LogP contribution in [0.25, 0.3) is 0 Å². The second-order valence-corrected chi connectivity index (χ2v) is 2.39. The van der Waals surface area contributed by atoms with Crippen molar-refractivity contribution in [2.24, 2.45) is 5.84 Å². The maximum atomic E-state index is 12.3. The van der Waals surface area contributed by atoms with Crippen molar-refractivity contribution in [2.75, 3.05) is 0 Å². The quantitative estimate of drug-likeness (QED) is 0.440. The predicted molar refractivity (Wildman–Crippen MR) is 48.1 cm³/mol. The number of nitrogens with zero attached hydrogens (tertiary/aromatic N) is 1. The number of carbonyl (C=O) groups excluding carboxylic acids is 1. The van der Waals surface area contributed by atoms with E-state index in [9.17, 15) is 18.0 Å². The zero-order valence-electron chi connectivity index (χ0n) is 7.21. The van der Waals surface area contributed by atoms with Gasteiger partial charge in [-0.2, -0.15) is 13.2 Å². The Morgan fingerprint density at radius 2 is 2.07 bits per heavy atom. The summed E-state index contributed by atoms with van der Waals surface area (Å²) in [7, 11) is 0. The van der Waals surface area contributed by atoms with Gasteiger partial charge in [0.25, 0.3) is 5.91 Å². The first kappa shape index (κ1) is 13.7. The summed E-state index contributed by atoms with van der Waals surface area (Å²) in [5, 5.41) is 0. The number of nitrogen functional groups attached to an aromatic ring is 1. The monoisotopic (exact) mass is 241 g/mol. The van der Waals surface area contributed by atoms with E-state index in [1.54, 1.807) is 5.43 Å². The molecule has 15 heavy (non-hydrogen) atoms. The molecule has 1 heterocycles. The maximum absolute atomic E-state index is 12.3. The van der Waals surface area contributed by atoms with Gasteiger partial charge in [-0.05, 0) is 6.07 Å². The summed E-state index contributed by atoms with van der Waals surface area (Å²) in [5.74, 6) is 3.73. The van der Waals surface area contributed by atoms with Crippen LogP contribution in [0.4, 0.5) is 13.2 Å². The van der Waals surface area contributed by atoms with Crippen LogP contribution in [0.5, 0.6) is 0 Å². The van der Waals surface area contributed by atoms with Crippen LogP contribution in [0, 0.1) is 0 Å². The van der Waals surface area contributed by atoms with Crippen molar-refractivity contribution in [3.8, 4) is 0 Å². The molecular weight excluding hydrogens is 235 g/mol. The molecule has 4 nitrogen and oxygen atoms in total. The van der Waals surface area contributed by atoms with Gasteiger partial charge in [-0.25, -0.2) is 5.84 Å². The Morgan fingerprint density at radius 3 is 2.53 bits per heavy atom. The Bertz CT molecular complexity index is 356. The van der Waals surface area contributed by atoms with Crippen molar-refractivity contribution >= 4 is 18.3 Å². The largest absolute Gasteiger partial charge is 0.418 e. The number of rotatable bonds is 1. The topological polar surface area (TPSA) is 68.0 Å². The highest BCUT2D eigenvalue weighted by molar-refractivity contribution is 5.95. The van der Waals surface area contributed by atoms with Crippen LogP contribution in [-0.4, -0.2) is 10.9 Å². The zero-order chi connectivity index (χ0) is 10.8. The molecule has 0 radical (unpaired) electrons. The second kappa shape index (κ2) is 4.94. The van der Waals surface area contributed by atoms with E-state index in [2.05, 4.69) is 4.98 Å². The van der Waals surface area contributed by atoms with Crippen molar-refractivity contribution < 1.29 is 18.0 Å². The van der Waals surface area contributed by atoms with E-state index in [1.807, 2.05) is 0 Å². The van der Waals surface area contributed by atoms with Crippen LogP contribution in [0.2, 0.25) is 0 Å². The minimum absolute atomic E-state index is 0. The molecule has 1 amide bonds. The summed E-state index contributed by atoms with van der Waals surface area (Å²) < 4.78 is 36.9. The Balaban J connectivity index is 0.00000196. The Kier molecular flexibility index (Phi) is 4.50. The molecule has 0 fully saturated rings. The highest BCUT2D eigenvalue weighted by Gasteiger charge is 2.35. The van der Waals surface area contributed by atoms with E-state index in [-0.39, 0.29) is 12.4 Å². The fraction of sp³-hybridized carbons (Fsp3) is 0.143. The molecule has 0 bridgehead atoms. The molecule has 0 aliphatic heterocycles. The number of pyridine rings is 1. The van der Waals surface area contributed by atoms with Crippen molar-refractivity contribution in [3.63, 3.8) is 0 Å². The summed E-state index contributed by atoms with van der Waals surface area (Å²) in [4.78, 5) is 14.2. The van der Waals surface area contributed by atoms with E-state index < -0.39 is 23.2 Å². The second-order valence-electron chi connectivity index (χ2n) is 2.39. The molecule has 0 aliphatic carbocycles. The molecule has 3 N–H and O–H groups in total. The lowest BCUT2D eigenvalue weighted by Gasteiger charge is -2.10. The number of halogens is 4. The smallest absolute Gasteiger partial charge is 0.290 e. The molecule has 0 aliphatic rings. The van der Waals surface area contributed by atoms with Gasteiger partial charge in [0.15, 0.2) is 0 Å². The van der Waals surface area contributed by atoms with Crippen molar-refractivity contribution in [1.82, 2.24) is 10.4 Å². The summed E-state index contributed by atoms with van der Waals surface area (Å²) in [6, 6.07) is 0.949. The lowest BCUT2D eigenvalue weighted by Crippen LogP contribution is -2.31. The highest BCUT2D eigenvalue weighted by Crippen LogP contribution is 2.30. The fourth-order valence-corrected chi connectivity index (χ4v) is 0.896. The molecule has 0 aromatic carbocycles. The van der Waals surface area contributed by atoms with Gasteiger partial charge in [0.05, 0.1) is 11.1 Å². The van der Waals surface area contributed by atoms with Crippen LogP contribution in [-0.2, 0) is 6.18 Å². The molecule has 0 saturated carbocycles. The molecule has 0 atom stereocenters. The van der Waals surface area contributed by atoms with Gasteiger partial charge in [0.1, 0.15) is 0 Å². The fourth-order valence-electron chi connectivity index (χ4n) is 0.896. The first-order valence-corrected chi connectivity index (χ1v) is 3.49. The first-order chi connectivity index (χ1) is 6.46. The summed E-state index contributed by atoms with van der Waals surface area (Å²) in [6.07, 6.45) is -2.96. The van der Waals surface area contributed by atoms with Gasteiger partial charge in [-0.3, -0.25) is 15.2 Å². The third kappa shape index (κ3) is 3.07. The minimum atomic E-state index is -4.61. The Morgan fingerprint density at radius 1 is 1.47 bits per heavy atom. The lowest BCUT2D eigenvalue weighted by atomic mass is 10.1. The average Bonchev–Trinajstić information content (AvgIpc) is 2.15. The number of nitrogens with one attached hydrogen (secondary N) is 1. The van der Waals surface area contributed by atoms with E-state index in [1.165, 1.54) is 0 Å². The van der Waals surface area contributed by atoms with Crippen LogP contribution >= 0.6 is 12.4 Å². The molecule has 0 spiro atoms. The SMILES string of the molecule is Cl.NNC(=O)c1ccncc1C(F)(F)F. The van der Waals surface area contributed by atoms with Gasteiger partial charge in [-0.1, -0.05) is 0 Å². The van der Waals surface area contributed by atoms with Crippen LogP contribution < -0.4 is 11.3 Å². The van der Waals surface area contributed by atoms with E-state index in [0.29, 0.717) is 6.20 Å². The van der Waals surface area contributed by atoms with E-state index in [0.717, 1.165) is 12.3 Å². The summed E-state index contributed by atoms with van der Waals surface area (Å²) >= 11 is 0. The third-order valence-electron chi connectivity index (χ3n) is 1.50. The number of amides is 1. The predicted octanol–water partition coefficient (Wildman–Crippen LogP) is 1.13. The van der Waals surface area contributed by atoms with Crippen molar-refractivity contribution in [3.05, 3.63) is 29.6 Å². The third-order valence-corrected chi connectivity index (χ3v) is 1.50. The van der Waals surface area contributed by atoms with Gasteiger partial charge in [0.2, 0.25) is 0 Å². The molecule has 1 aromatic heterocycles. The van der Waals surface area contributed by atoms with Gasteiger partial charge < -0.3 is 0 Å². The zero-order valence-corrected chi connectivity index (χ0v) is 8.02. The molecular formula is C7H7ClF3N3O. The van der Waals surface area contributed by atoms with Gasteiger partial charge in [0, 0.05) is 12.4 Å². The molecule has 84 valence electrons. The van der Waals surface area contributed by atoms with Gasteiger partial charge >= 0.3 is 6.18 Å². The van der Waals surface area contributed by atoms with Crippen molar-refractivity contribution in [2.45, 2.75) is 6.18 Å². The van der Waals surface area contributed by atoms with Crippen LogP contribution in [0.3, 0.4) is 0 Å². The number of nitrogens with two attached hydrogens (primary N) is 1. The number of aromatic nitrogens is 1. The minimum Gasteiger partial charge on any atom is -0.290 e. The number of carbonyl (C=O) groups is 1. The van der Waals surface area contributed by atoms with E-state index in [4.69, 9.17) is 5.84 Å². The number of hydrazine groups is 1. The standard InChI is InChI=1S/C7H6F3N3O.ClH/c8-7(9,10)5-3-12-2-1-4(5)6(14)13-11;/h1-3H,11H2,(H,13,14);1H. The normalized spacial score (nSPS) is 10.4. The Labute approximate surface area is 89.1 Å². The molecule has 1 rings (SSSR count). The lowest BCUT2D eigenvalue weighted by molar-refractivity contribution is -0.138. The van der Waals surface area contributed by atoms with Gasteiger partial charge in [-0.15, -0.1) is 12.4 Å². The van der Waals surface area contributed by atoms with E-state index >= 15 is 0 Å². The highest BCUT2D eigenvalue weighted by atomic mass is 35.5. The molecule has 1 aromatic rings. The van der Waals surface area contributed by atoms with Crippen LogP contribution in [0.1, 0.15) is 15.9 Å². The number of alkyl halides is 3. The number of hydrogen-bond acceptors (Lipinski definition) is 3. The Hall–Kier alpha value is -1.34. The maximum Gasteiger partial charge on any atom is 0.418 e. The first-order valence-electron chi connectivity index (χ1n) is 3.49. The average molecular weight is 242 g/mol.